The third kappa shape index (κ3) is 4.10. The molecule has 1 saturated heterocycles. The van der Waals surface area contributed by atoms with Crippen molar-refractivity contribution in [2.24, 2.45) is 0 Å². The maximum absolute atomic E-state index is 12.6. The smallest absolute Gasteiger partial charge is 0.242 e. The number of anilines is 2. The van der Waals surface area contributed by atoms with E-state index in [9.17, 15) is 4.79 Å². The lowest BCUT2D eigenvalue weighted by Crippen LogP contribution is -2.40. The van der Waals surface area contributed by atoms with Crippen LogP contribution < -0.4 is 15.5 Å². The monoisotopic (exact) mass is 399 g/mol. The van der Waals surface area contributed by atoms with Crippen LogP contribution in [0.3, 0.4) is 0 Å². The number of amides is 1. The van der Waals surface area contributed by atoms with E-state index in [1.165, 1.54) is 16.8 Å². The summed E-state index contributed by atoms with van der Waals surface area (Å²) in [5, 5.41) is 7.18. The van der Waals surface area contributed by atoms with Crippen LogP contribution in [-0.2, 0) is 22.4 Å². The number of fused-ring (bicyclic) bond motifs is 1. The molecule has 2 N–H and O–H groups in total. The first-order chi connectivity index (χ1) is 13.6. The van der Waals surface area contributed by atoms with Gasteiger partial charge in [0.1, 0.15) is 6.04 Å². The number of hydrogen-bond acceptors (Lipinski definition) is 4. The first-order valence-electron chi connectivity index (χ1n) is 9.85. The summed E-state index contributed by atoms with van der Waals surface area (Å²) in [5.74, 6) is 0.0468. The van der Waals surface area contributed by atoms with E-state index in [1.807, 2.05) is 18.2 Å². The summed E-state index contributed by atoms with van der Waals surface area (Å²) >= 11 is 6.23. The van der Waals surface area contributed by atoms with E-state index in [0.29, 0.717) is 6.54 Å². The van der Waals surface area contributed by atoms with Gasteiger partial charge in [-0.15, -0.1) is 0 Å². The van der Waals surface area contributed by atoms with Gasteiger partial charge >= 0.3 is 0 Å². The van der Waals surface area contributed by atoms with Crippen molar-refractivity contribution in [3.63, 3.8) is 0 Å². The summed E-state index contributed by atoms with van der Waals surface area (Å²) in [7, 11) is 0. The first-order valence-corrected chi connectivity index (χ1v) is 10.2. The fourth-order valence-electron chi connectivity index (χ4n) is 4.02. The van der Waals surface area contributed by atoms with Gasteiger partial charge in [0.25, 0.3) is 0 Å². The zero-order valence-corrected chi connectivity index (χ0v) is 16.9. The number of para-hydroxylation sites is 1. The van der Waals surface area contributed by atoms with Crippen molar-refractivity contribution in [2.45, 2.75) is 25.8 Å². The number of aryl methyl sites for hydroxylation is 1. The number of nitrogens with zero attached hydrogens (tertiary/aromatic N) is 1. The zero-order chi connectivity index (χ0) is 19.5. The lowest BCUT2D eigenvalue weighted by atomic mass is 10.1. The molecular formula is C22H26ClN3O2. The Hall–Kier alpha value is -2.24. The minimum Gasteiger partial charge on any atom is -0.378 e. The quantitative estimate of drug-likeness (QED) is 0.810. The molecule has 1 fully saturated rings. The summed E-state index contributed by atoms with van der Waals surface area (Å²) < 4.78 is 5.46. The van der Waals surface area contributed by atoms with Crippen LogP contribution >= 0.6 is 11.6 Å². The first kappa shape index (κ1) is 19.1. The maximum atomic E-state index is 12.6. The fourth-order valence-corrected chi connectivity index (χ4v) is 4.21. The highest BCUT2D eigenvalue weighted by Crippen LogP contribution is 2.29. The van der Waals surface area contributed by atoms with Gasteiger partial charge in [0.15, 0.2) is 0 Å². The van der Waals surface area contributed by atoms with Crippen LogP contribution in [0.2, 0.25) is 5.02 Å². The topological polar surface area (TPSA) is 53.6 Å². The third-order valence-corrected chi connectivity index (χ3v) is 5.74. The minimum absolute atomic E-state index is 0.0468. The number of ether oxygens (including phenoxy) is 1. The molecule has 6 heteroatoms. The van der Waals surface area contributed by atoms with Crippen molar-refractivity contribution in [1.29, 1.82) is 0 Å². The molecule has 0 saturated carbocycles. The zero-order valence-electron chi connectivity index (χ0n) is 16.1. The van der Waals surface area contributed by atoms with Gasteiger partial charge in [-0.25, -0.2) is 0 Å². The molecule has 2 heterocycles. The standard InChI is InChI=1S/C22H26ClN3O2/c1-15-3-2-4-17-14-19(25-21(15)17)22(27)24-8-7-16-13-18(23)5-6-20(16)26-9-11-28-12-10-26/h2-6,13,19,25H,7-12,14H2,1H3,(H,24,27). The summed E-state index contributed by atoms with van der Waals surface area (Å²) in [6.07, 6.45) is 1.48. The SMILES string of the molecule is Cc1cccc2c1NC(C(=O)NCCc1cc(Cl)ccc1N1CCOCC1)C2. The van der Waals surface area contributed by atoms with Crippen molar-refractivity contribution < 1.29 is 9.53 Å². The molecular weight excluding hydrogens is 374 g/mol. The number of benzene rings is 2. The largest absolute Gasteiger partial charge is 0.378 e. The van der Waals surface area contributed by atoms with E-state index in [0.717, 1.165) is 55.4 Å². The van der Waals surface area contributed by atoms with E-state index in [2.05, 4.69) is 40.7 Å². The second-order valence-corrected chi connectivity index (χ2v) is 7.86. The number of carbonyl (C=O) groups excluding carboxylic acids is 1. The Morgan fingerprint density at radius 2 is 2.11 bits per heavy atom. The summed E-state index contributed by atoms with van der Waals surface area (Å²) in [6.45, 7) is 5.90. The Kier molecular flexibility index (Phi) is 5.74. The lowest BCUT2D eigenvalue weighted by Gasteiger charge is -2.30. The van der Waals surface area contributed by atoms with Gasteiger partial charge in [0.2, 0.25) is 5.91 Å². The molecule has 0 aliphatic carbocycles. The van der Waals surface area contributed by atoms with Gasteiger partial charge in [0.05, 0.1) is 13.2 Å². The molecule has 0 bridgehead atoms. The molecule has 28 heavy (non-hydrogen) atoms. The number of carbonyl (C=O) groups is 1. The van der Waals surface area contributed by atoms with Crippen LogP contribution in [0.1, 0.15) is 16.7 Å². The Labute approximate surface area is 171 Å². The molecule has 2 aromatic rings. The van der Waals surface area contributed by atoms with Crippen LogP contribution in [-0.4, -0.2) is 44.8 Å². The van der Waals surface area contributed by atoms with Crippen molar-refractivity contribution in [1.82, 2.24) is 5.32 Å². The molecule has 4 rings (SSSR count). The van der Waals surface area contributed by atoms with Crippen molar-refractivity contribution in [3.05, 3.63) is 58.1 Å². The number of rotatable bonds is 5. The molecule has 2 aliphatic heterocycles. The molecule has 0 spiro atoms. The number of nitrogens with one attached hydrogen (secondary N) is 2. The van der Waals surface area contributed by atoms with Crippen molar-refractivity contribution in [3.8, 4) is 0 Å². The second-order valence-electron chi connectivity index (χ2n) is 7.42. The molecule has 2 aromatic carbocycles. The maximum Gasteiger partial charge on any atom is 0.242 e. The molecule has 5 nitrogen and oxygen atoms in total. The van der Waals surface area contributed by atoms with Gasteiger partial charge in [-0.3, -0.25) is 4.79 Å². The Morgan fingerprint density at radius 1 is 1.29 bits per heavy atom. The highest BCUT2D eigenvalue weighted by molar-refractivity contribution is 6.30. The van der Waals surface area contributed by atoms with Gasteiger partial charge in [0, 0.05) is 42.5 Å². The Balaban J connectivity index is 1.36. The second kappa shape index (κ2) is 8.41. The third-order valence-electron chi connectivity index (χ3n) is 5.51. The van der Waals surface area contributed by atoms with Gasteiger partial charge in [-0.05, 0) is 48.2 Å². The van der Waals surface area contributed by atoms with E-state index in [1.54, 1.807) is 0 Å². The van der Waals surface area contributed by atoms with Gasteiger partial charge < -0.3 is 20.3 Å². The average molecular weight is 400 g/mol. The lowest BCUT2D eigenvalue weighted by molar-refractivity contribution is -0.121. The molecule has 1 amide bonds. The Morgan fingerprint density at radius 3 is 2.89 bits per heavy atom. The number of morpholine rings is 1. The van der Waals surface area contributed by atoms with Crippen molar-refractivity contribution >= 4 is 28.9 Å². The molecule has 0 aromatic heterocycles. The summed E-state index contributed by atoms with van der Waals surface area (Å²) in [6, 6.07) is 12.0. The van der Waals surface area contributed by atoms with E-state index in [-0.39, 0.29) is 11.9 Å². The van der Waals surface area contributed by atoms with Crippen LogP contribution in [0.5, 0.6) is 0 Å². The summed E-state index contributed by atoms with van der Waals surface area (Å²) in [5.41, 5.74) is 5.84. The van der Waals surface area contributed by atoms with E-state index >= 15 is 0 Å². The molecule has 2 aliphatic rings. The summed E-state index contributed by atoms with van der Waals surface area (Å²) in [4.78, 5) is 15.0. The molecule has 1 unspecified atom stereocenters. The minimum atomic E-state index is -0.200. The van der Waals surface area contributed by atoms with Crippen LogP contribution in [0.4, 0.5) is 11.4 Å². The van der Waals surface area contributed by atoms with E-state index in [4.69, 9.17) is 16.3 Å². The van der Waals surface area contributed by atoms with Crippen LogP contribution in [0.15, 0.2) is 36.4 Å². The number of hydrogen-bond donors (Lipinski definition) is 2. The molecule has 1 atom stereocenters. The highest BCUT2D eigenvalue weighted by atomic mass is 35.5. The normalized spacial score (nSPS) is 18.5. The van der Waals surface area contributed by atoms with Gasteiger partial charge in [-0.2, -0.15) is 0 Å². The van der Waals surface area contributed by atoms with Crippen molar-refractivity contribution in [2.75, 3.05) is 43.1 Å². The predicted octanol–water partition coefficient (Wildman–Crippen LogP) is 3.18. The predicted molar refractivity (Wildman–Crippen MR) is 113 cm³/mol. The van der Waals surface area contributed by atoms with Gasteiger partial charge in [-0.1, -0.05) is 29.8 Å². The molecule has 148 valence electrons. The highest BCUT2D eigenvalue weighted by Gasteiger charge is 2.27. The fraction of sp³-hybridized carbons (Fsp3) is 0.409. The van der Waals surface area contributed by atoms with E-state index < -0.39 is 0 Å². The molecule has 0 radical (unpaired) electrons. The Bertz CT molecular complexity index is 865. The van der Waals surface area contributed by atoms with Crippen LogP contribution in [0, 0.1) is 6.92 Å². The van der Waals surface area contributed by atoms with Crippen LogP contribution in [0.25, 0.3) is 0 Å². The average Bonchev–Trinajstić information content (AvgIpc) is 3.15. The number of halogens is 1.